The molecule has 4 nitrogen and oxygen atoms in total. The van der Waals surface area contributed by atoms with Crippen LogP contribution in [0, 0.1) is 11.8 Å². The summed E-state index contributed by atoms with van der Waals surface area (Å²) in [6.07, 6.45) is 6.07. The van der Waals surface area contributed by atoms with Gasteiger partial charge in [-0.25, -0.2) is 4.79 Å². The third kappa shape index (κ3) is 1.92. The van der Waals surface area contributed by atoms with Crippen molar-refractivity contribution in [1.29, 1.82) is 0 Å². The van der Waals surface area contributed by atoms with E-state index in [0.29, 0.717) is 12.0 Å². The molecule has 3 rings (SSSR count). The fraction of sp³-hybridized carbons (Fsp3) is 0.846. The van der Waals surface area contributed by atoms with Crippen molar-refractivity contribution in [2.75, 3.05) is 32.8 Å². The number of nitrogens with zero attached hydrogens (tertiary/aromatic N) is 2. The number of ether oxygens (including phenoxy) is 1. The average molecular weight is 237 g/mol. The molecule has 0 bridgehead atoms. The zero-order valence-corrected chi connectivity index (χ0v) is 10.5. The highest BCUT2D eigenvalue weighted by atomic mass is 16.6. The summed E-state index contributed by atoms with van der Waals surface area (Å²) >= 11 is 0. The molecule has 17 heavy (non-hydrogen) atoms. The minimum absolute atomic E-state index is 0.126. The van der Waals surface area contributed by atoms with Crippen LogP contribution in [0.25, 0.3) is 0 Å². The number of hydrogen-bond acceptors (Lipinski definition) is 3. The number of likely N-dealkylation sites (tertiary alicyclic amines) is 2. The van der Waals surface area contributed by atoms with E-state index < -0.39 is 0 Å². The topological polar surface area (TPSA) is 32.8 Å². The fourth-order valence-corrected chi connectivity index (χ4v) is 3.46. The van der Waals surface area contributed by atoms with E-state index in [1.165, 1.54) is 32.4 Å². The maximum absolute atomic E-state index is 11.5. The average Bonchev–Trinajstić information content (AvgIpc) is 2.58. The van der Waals surface area contributed by atoms with E-state index in [1.807, 2.05) is 11.8 Å². The van der Waals surface area contributed by atoms with Gasteiger partial charge in [0.2, 0.25) is 0 Å². The maximum Gasteiger partial charge on any atom is 0.409 e. The Morgan fingerprint density at radius 1 is 1.47 bits per heavy atom. The van der Waals surface area contributed by atoms with Gasteiger partial charge in [0.15, 0.2) is 0 Å². The molecule has 0 aromatic carbocycles. The minimum Gasteiger partial charge on any atom is -0.450 e. The van der Waals surface area contributed by atoms with Gasteiger partial charge in [-0.05, 0) is 32.6 Å². The number of hydrogen-bond donors (Lipinski definition) is 0. The quantitative estimate of drug-likeness (QED) is 0.730. The van der Waals surface area contributed by atoms with Crippen molar-refractivity contribution < 1.29 is 9.53 Å². The highest BCUT2D eigenvalue weighted by Crippen LogP contribution is 2.47. The molecule has 1 unspecified atom stereocenters. The van der Waals surface area contributed by atoms with Crippen molar-refractivity contribution >= 4 is 6.09 Å². The monoisotopic (exact) mass is 237 g/mol. The SMILES string of the molecule is CCOC(=O)N1CC2(CCC(N3C[CH]C3)C2)C1. The molecule has 1 amide bonds. The van der Waals surface area contributed by atoms with Crippen LogP contribution in [0.15, 0.2) is 0 Å². The lowest BCUT2D eigenvalue weighted by molar-refractivity contribution is -0.00359. The number of carbonyl (C=O) groups excluding carboxylic acids is 1. The van der Waals surface area contributed by atoms with Crippen LogP contribution in [-0.2, 0) is 4.74 Å². The summed E-state index contributed by atoms with van der Waals surface area (Å²) < 4.78 is 5.03. The summed E-state index contributed by atoms with van der Waals surface area (Å²) in [5.74, 6) is 0. The molecule has 1 radical (unpaired) electrons. The molecule has 2 aliphatic heterocycles. The van der Waals surface area contributed by atoms with Crippen molar-refractivity contribution in [1.82, 2.24) is 9.80 Å². The first kappa shape index (κ1) is 11.3. The van der Waals surface area contributed by atoms with Crippen LogP contribution >= 0.6 is 0 Å². The molecular weight excluding hydrogens is 216 g/mol. The first-order valence-electron chi connectivity index (χ1n) is 6.70. The van der Waals surface area contributed by atoms with E-state index in [0.717, 1.165) is 19.1 Å². The van der Waals surface area contributed by atoms with E-state index in [2.05, 4.69) is 11.3 Å². The van der Waals surface area contributed by atoms with Gasteiger partial charge in [0.25, 0.3) is 0 Å². The Kier molecular flexibility index (Phi) is 2.77. The molecule has 2 heterocycles. The van der Waals surface area contributed by atoms with Crippen LogP contribution in [0.1, 0.15) is 26.2 Å². The highest BCUT2D eigenvalue weighted by molar-refractivity contribution is 5.69. The van der Waals surface area contributed by atoms with E-state index in [-0.39, 0.29) is 6.09 Å². The molecule has 2 saturated heterocycles. The Balaban J connectivity index is 1.49. The molecule has 4 heteroatoms. The maximum atomic E-state index is 11.5. The summed E-state index contributed by atoms with van der Waals surface area (Å²) in [5.41, 5.74) is 0.424. The molecule has 1 atom stereocenters. The van der Waals surface area contributed by atoms with Crippen LogP contribution in [0.2, 0.25) is 0 Å². The molecule has 1 saturated carbocycles. The van der Waals surface area contributed by atoms with Gasteiger partial charge in [-0.3, -0.25) is 4.90 Å². The smallest absolute Gasteiger partial charge is 0.409 e. The summed E-state index contributed by atoms with van der Waals surface area (Å²) in [6.45, 7) is 6.51. The Morgan fingerprint density at radius 2 is 2.24 bits per heavy atom. The molecule has 0 aromatic heterocycles. The minimum atomic E-state index is -0.126. The van der Waals surface area contributed by atoms with Gasteiger partial charge in [0.05, 0.1) is 6.61 Å². The molecule has 3 aliphatic rings. The van der Waals surface area contributed by atoms with E-state index in [4.69, 9.17) is 4.74 Å². The van der Waals surface area contributed by atoms with Crippen molar-refractivity contribution in [2.24, 2.45) is 5.41 Å². The van der Waals surface area contributed by atoms with E-state index in [9.17, 15) is 4.79 Å². The molecular formula is C13H21N2O2. The van der Waals surface area contributed by atoms with Crippen molar-refractivity contribution in [3.8, 4) is 0 Å². The molecule has 1 aliphatic carbocycles. The van der Waals surface area contributed by atoms with Gasteiger partial charge in [-0.15, -0.1) is 0 Å². The predicted molar refractivity (Wildman–Crippen MR) is 64.5 cm³/mol. The lowest BCUT2D eigenvalue weighted by Gasteiger charge is -2.48. The Labute approximate surface area is 103 Å². The molecule has 0 N–H and O–H groups in total. The van der Waals surface area contributed by atoms with Gasteiger partial charge in [0, 0.05) is 37.6 Å². The summed E-state index contributed by atoms with van der Waals surface area (Å²) in [4.78, 5) is 15.9. The highest BCUT2D eigenvalue weighted by Gasteiger charge is 2.51. The van der Waals surface area contributed by atoms with Crippen molar-refractivity contribution in [3.63, 3.8) is 0 Å². The molecule has 95 valence electrons. The zero-order valence-electron chi connectivity index (χ0n) is 10.5. The van der Waals surface area contributed by atoms with Gasteiger partial charge in [-0.1, -0.05) is 0 Å². The first-order valence-corrected chi connectivity index (χ1v) is 6.70. The normalized spacial score (nSPS) is 31.1. The van der Waals surface area contributed by atoms with Crippen molar-refractivity contribution in [2.45, 2.75) is 32.2 Å². The van der Waals surface area contributed by atoms with E-state index in [1.54, 1.807) is 0 Å². The summed E-state index contributed by atoms with van der Waals surface area (Å²) in [6, 6.07) is 0.768. The second kappa shape index (κ2) is 4.16. The standard InChI is InChI=1S/C13H21N2O2/c1-2-17-12(16)15-9-13(10-15)5-4-11(8-13)14-6-3-7-14/h3,11H,2,4-10H2,1H3. The lowest BCUT2D eigenvalue weighted by Crippen LogP contribution is -2.58. The van der Waals surface area contributed by atoms with Gasteiger partial charge < -0.3 is 9.64 Å². The van der Waals surface area contributed by atoms with Gasteiger partial charge >= 0.3 is 6.09 Å². The van der Waals surface area contributed by atoms with Crippen LogP contribution in [0.5, 0.6) is 0 Å². The van der Waals surface area contributed by atoms with Gasteiger partial charge in [0.1, 0.15) is 0 Å². The van der Waals surface area contributed by atoms with Crippen LogP contribution in [0.3, 0.4) is 0 Å². The van der Waals surface area contributed by atoms with Crippen molar-refractivity contribution in [3.05, 3.63) is 6.42 Å². The van der Waals surface area contributed by atoms with Crippen LogP contribution < -0.4 is 0 Å². The zero-order chi connectivity index (χ0) is 11.9. The summed E-state index contributed by atoms with van der Waals surface area (Å²) in [5, 5.41) is 0. The second-order valence-electron chi connectivity index (χ2n) is 5.69. The summed E-state index contributed by atoms with van der Waals surface area (Å²) in [7, 11) is 0. The lowest BCUT2D eigenvalue weighted by atomic mass is 9.78. The second-order valence-corrected chi connectivity index (χ2v) is 5.69. The van der Waals surface area contributed by atoms with Gasteiger partial charge in [-0.2, -0.15) is 0 Å². The molecule has 3 fully saturated rings. The number of carbonyl (C=O) groups is 1. The third-order valence-electron chi connectivity index (χ3n) is 4.50. The Hall–Kier alpha value is -0.770. The Bertz CT molecular complexity index is 309. The molecule has 0 aromatic rings. The van der Waals surface area contributed by atoms with E-state index >= 15 is 0 Å². The number of amides is 1. The predicted octanol–water partition coefficient (Wildman–Crippen LogP) is 1.52. The van der Waals surface area contributed by atoms with Crippen LogP contribution in [-0.4, -0.2) is 54.7 Å². The fourth-order valence-electron chi connectivity index (χ4n) is 3.46. The third-order valence-corrected chi connectivity index (χ3v) is 4.50. The molecule has 1 spiro atoms. The first-order chi connectivity index (χ1) is 8.22. The number of rotatable bonds is 2. The Morgan fingerprint density at radius 3 is 2.82 bits per heavy atom. The largest absolute Gasteiger partial charge is 0.450 e. The van der Waals surface area contributed by atoms with Crippen LogP contribution in [0.4, 0.5) is 4.79 Å².